The molecule has 0 bridgehead atoms. The Hall–Kier alpha value is -2.62. The van der Waals surface area contributed by atoms with Gasteiger partial charge >= 0.3 is 12.2 Å². The molecule has 2 aromatic heterocycles. The van der Waals surface area contributed by atoms with Crippen molar-refractivity contribution in [2.45, 2.75) is 19.3 Å². The fraction of sp³-hybridized carbons (Fsp3) is 0.214. The third-order valence-electron chi connectivity index (χ3n) is 2.97. The molecule has 0 spiro atoms. The summed E-state index contributed by atoms with van der Waals surface area (Å²) in [5.41, 5.74) is 1.04. The molecule has 10 heteroatoms. The van der Waals surface area contributed by atoms with E-state index in [0.29, 0.717) is 4.68 Å². The number of nitrogens with zero attached hydrogens (tertiary/aromatic N) is 3. The molecule has 0 atom stereocenters. The summed E-state index contributed by atoms with van der Waals surface area (Å²) in [6.45, 7) is -0.982. The van der Waals surface area contributed by atoms with Crippen molar-refractivity contribution in [3.63, 3.8) is 0 Å². The second kappa shape index (κ2) is 6.48. The molecule has 0 aliphatic rings. The number of fused-ring (bicyclic) bond motifs is 1. The Kier molecular flexibility index (Phi) is 4.38. The highest BCUT2D eigenvalue weighted by Crippen LogP contribution is 2.21. The van der Waals surface area contributed by atoms with Crippen LogP contribution in [0.2, 0.25) is 0 Å². The van der Waals surface area contributed by atoms with Gasteiger partial charge in [0.1, 0.15) is 11.6 Å². The van der Waals surface area contributed by atoms with E-state index >= 15 is 0 Å². The number of alkyl halides is 3. The Balaban J connectivity index is 1.54. The number of benzene rings is 1. The predicted molar refractivity (Wildman–Crippen MR) is 83.8 cm³/mol. The van der Waals surface area contributed by atoms with Crippen molar-refractivity contribution in [1.29, 1.82) is 0 Å². The molecule has 3 aromatic rings. The standard InChI is InChI=1S/C14H12F3N5OS/c15-14(16,17)8-22-7-9(5-19-22)20-13(23)18-6-12-21-10-3-1-2-4-11(10)24-12/h1-5,7H,6,8H2,(H2,18,20,23). The molecular weight excluding hydrogens is 343 g/mol. The third-order valence-corrected chi connectivity index (χ3v) is 4.01. The van der Waals surface area contributed by atoms with Gasteiger partial charge in [-0.15, -0.1) is 11.3 Å². The topological polar surface area (TPSA) is 71.8 Å². The van der Waals surface area contributed by atoms with Crippen molar-refractivity contribution in [2.24, 2.45) is 0 Å². The largest absolute Gasteiger partial charge is 0.408 e. The number of halogens is 3. The zero-order valence-corrected chi connectivity index (χ0v) is 13.0. The van der Waals surface area contributed by atoms with Gasteiger partial charge in [0.2, 0.25) is 0 Å². The molecule has 0 radical (unpaired) electrons. The van der Waals surface area contributed by atoms with Gasteiger partial charge in [-0.3, -0.25) is 4.68 Å². The highest BCUT2D eigenvalue weighted by atomic mass is 32.1. The lowest BCUT2D eigenvalue weighted by molar-refractivity contribution is -0.142. The van der Waals surface area contributed by atoms with Crippen LogP contribution in [-0.4, -0.2) is 27.0 Å². The van der Waals surface area contributed by atoms with Crippen LogP contribution in [0, 0.1) is 0 Å². The minimum Gasteiger partial charge on any atom is -0.331 e. The molecule has 6 nitrogen and oxygen atoms in total. The molecule has 0 saturated carbocycles. The van der Waals surface area contributed by atoms with E-state index in [2.05, 4.69) is 20.7 Å². The van der Waals surface area contributed by atoms with Crippen molar-refractivity contribution >= 4 is 33.3 Å². The van der Waals surface area contributed by atoms with Crippen molar-refractivity contribution in [2.75, 3.05) is 5.32 Å². The van der Waals surface area contributed by atoms with Crippen LogP contribution in [-0.2, 0) is 13.1 Å². The number of carbonyl (C=O) groups excluding carboxylic acids is 1. The molecule has 2 amide bonds. The summed E-state index contributed by atoms with van der Waals surface area (Å²) in [4.78, 5) is 16.2. The minimum atomic E-state index is -4.36. The third kappa shape index (κ3) is 4.22. The van der Waals surface area contributed by atoms with Gasteiger partial charge in [-0.05, 0) is 12.1 Å². The van der Waals surface area contributed by atoms with Crippen LogP contribution < -0.4 is 10.6 Å². The van der Waals surface area contributed by atoms with Gasteiger partial charge in [-0.1, -0.05) is 12.1 Å². The highest BCUT2D eigenvalue weighted by Gasteiger charge is 2.28. The lowest BCUT2D eigenvalue weighted by atomic mass is 10.3. The van der Waals surface area contributed by atoms with E-state index in [4.69, 9.17) is 0 Å². The first-order valence-electron chi connectivity index (χ1n) is 6.87. The van der Waals surface area contributed by atoms with Crippen molar-refractivity contribution in [3.8, 4) is 0 Å². The van der Waals surface area contributed by atoms with Crippen LogP contribution >= 0.6 is 11.3 Å². The number of nitrogens with one attached hydrogen (secondary N) is 2. The SMILES string of the molecule is O=C(NCc1nc2ccccc2s1)Nc1cnn(CC(F)(F)F)c1. The Morgan fingerprint density at radius 3 is 2.83 bits per heavy atom. The zero-order valence-electron chi connectivity index (χ0n) is 12.2. The molecule has 0 aliphatic carbocycles. The summed E-state index contributed by atoms with van der Waals surface area (Å²) in [7, 11) is 0. The fourth-order valence-electron chi connectivity index (χ4n) is 2.03. The van der Waals surface area contributed by atoms with Gasteiger partial charge in [0.15, 0.2) is 0 Å². The van der Waals surface area contributed by atoms with Gasteiger partial charge in [0, 0.05) is 6.20 Å². The Bertz CT molecular complexity index is 824. The van der Waals surface area contributed by atoms with Crippen LogP contribution in [0.15, 0.2) is 36.7 Å². The molecule has 24 heavy (non-hydrogen) atoms. The van der Waals surface area contributed by atoms with Crippen molar-refractivity contribution < 1.29 is 18.0 Å². The van der Waals surface area contributed by atoms with E-state index in [9.17, 15) is 18.0 Å². The lowest BCUT2D eigenvalue weighted by Gasteiger charge is -2.05. The normalized spacial score (nSPS) is 11.6. The first kappa shape index (κ1) is 16.2. The molecular formula is C14H12F3N5OS. The Morgan fingerprint density at radius 2 is 2.08 bits per heavy atom. The Morgan fingerprint density at radius 1 is 1.29 bits per heavy atom. The first-order valence-corrected chi connectivity index (χ1v) is 7.69. The molecule has 0 unspecified atom stereocenters. The smallest absolute Gasteiger partial charge is 0.331 e. The van der Waals surface area contributed by atoms with Crippen molar-refractivity contribution in [3.05, 3.63) is 41.7 Å². The zero-order chi connectivity index (χ0) is 17.2. The molecule has 0 aliphatic heterocycles. The maximum atomic E-state index is 12.2. The predicted octanol–water partition coefficient (Wildman–Crippen LogP) is 3.38. The second-order valence-electron chi connectivity index (χ2n) is 4.92. The van der Waals surface area contributed by atoms with Crippen molar-refractivity contribution in [1.82, 2.24) is 20.1 Å². The van der Waals surface area contributed by atoms with Gasteiger partial charge in [-0.25, -0.2) is 9.78 Å². The van der Waals surface area contributed by atoms with E-state index in [1.54, 1.807) is 0 Å². The summed E-state index contributed by atoms with van der Waals surface area (Å²) < 4.78 is 38.5. The van der Waals surface area contributed by atoms with Crippen LogP contribution in [0.3, 0.4) is 0 Å². The summed E-state index contributed by atoms with van der Waals surface area (Å²) in [6, 6.07) is 7.06. The van der Waals surface area contributed by atoms with Gasteiger partial charge in [-0.2, -0.15) is 18.3 Å². The van der Waals surface area contributed by atoms with E-state index in [1.807, 2.05) is 24.3 Å². The highest BCUT2D eigenvalue weighted by molar-refractivity contribution is 7.18. The molecule has 126 valence electrons. The minimum absolute atomic E-state index is 0.182. The number of aromatic nitrogens is 3. The van der Waals surface area contributed by atoms with Crippen LogP contribution in [0.4, 0.5) is 23.7 Å². The molecule has 0 fully saturated rings. The average Bonchev–Trinajstić information content (AvgIpc) is 3.09. The maximum absolute atomic E-state index is 12.2. The van der Waals surface area contributed by atoms with Gasteiger partial charge in [0.25, 0.3) is 0 Å². The fourth-order valence-corrected chi connectivity index (χ4v) is 2.93. The average molecular weight is 355 g/mol. The molecule has 3 rings (SSSR count). The van der Waals surface area contributed by atoms with Gasteiger partial charge in [0.05, 0.1) is 28.6 Å². The summed E-state index contributed by atoms with van der Waals surface area (Å²) >= 11 is 1.46. The quantitative estimate of drug-likeness (QED) is 0.754. The Labute approximate surface area is 138 Å². The number of urea groups is 1. The van der Waals surface area contributed by atoms with Crippen LogP contribution in [0.25, 0.3) is 10.2 Å². The second-order valence-corrected chi connectivity index (χ2v) is 6.04. The number of hydrogen-bond acceptors (Lipinski definition) is 4. The lowest BCUT2D eigenvalue weighted by Crippen LogP contribution is -2.28. The van der Waals surface area contributed by atoms with Crippen LogP contribution in [0.1, 0.15) is 5.01 Å². The molecule has 0 saturated heterocycles. The number of rotatable bonds is 4. The van der Waals surface area contributed by atoms with Gasteiger partial charge < -0.3 is 10.6 Å². The number of para-hydroxylation sites is 1. The number of carbonyl (C=O) groups is 1. The van der Waals surface area contributed by atoms with E-state index in [0.717, 1.165) is 27.6 Å². The number of amides is 2. The van der Waals surface area contributed by atoms with E-state index in [1.165, 1.54) is 11.3 Å². The number of anilines is 1. The molecule has 2 N–H and O–H groups in total. The van der Waals surface area contributed by atoms with E-state index in [-0.39, 0.29) is 12.2 Å². The molecule has 2 heterocycles. The monoisotopic (exact) mass is 355 g/mol. The van der Waals surface area contributed by atoms with E-state index < -0.39 is 18.8 Å². The molecule has 1 aromatic carbocycles. The van der Waals surface area contributed by atoms with Crippen LogP contribution in [0.5, 0.6) is 0 Å². The summed E-state index contributed by atoms with van der Waals surface area (Å²) in [5.74, 6) is 0. The summed E-state index contributed by atoms with van der Waals surface area (Å²) in [5, 5.41) is 9.31. The first-order chi connectivity index (χ1) is 11.4. The number of hydrogen-bond donors (Lipinski definition) is 2. The maximum Gasteiger partial charge on any atom is 0.408 e. The summed E-state index contributed by atoms with van der Waals surface area (Å²) in [6.07, 6.45) is -2.09. The number of thiazole rings is 1.